The van der Waals surface area contributed by atoms with E-state index in [0.717, 1.165) is 16.7 Å². The first-order valence-electron chi connectivity index (χ1n) is 10.4. The summed E-state index contributed by atoms with van der Waals surface area (Å²) >= 11 is 0. The number of aryl methyl sites for hydroxylation is 1. The Hall–Kier alpha value is -3.67. The van der Waals surface area contributed by atoms with Crippen molar-refractivity contribution in [3.63, 3.8) is 0 Å². The van der Waals surface area contributed by atoms with Crippen LogP contribution in [-0.4, -0.2) is 36.5 Å². The van der Waals surface area contributed by atoms with Crippen molar-refractivity contribution in [1.82, 2.24) is 4.90 Å². The zero-order valence-electron chi connectivity index (χ0n) is 18.0. The Morgan fingerprint density at radius 3 is 2.34 bits per heavy atom. The molecule has 1 amide bonds. The molecule has 5 nitrogen and oxygen atoms in total. The largest absolute Gasteiger partial charge is 0.478 e. The maximum Gasteiger partial charge on any atom is 0.337 e. The van der Waals surface area contributed by atoms with E-state index in [1.165, 1.54) is 19.2 Å². The molecule has 4 rings (SSSR count). The fourth-order valence-corrected chi connectivity index (χ4v) is 3.90. The van der Waals surface area contributed by atoms with Crippen LogP contribution in [0.4, 0.5) is 4.39 Å². The molecule has 0 saturated carbocycles. The van der Waals surface area contributed by atoms with Crippen LogP contribution in [0.3, 0.4) is 0 Å². The second kappa shape index (κ2) is 9.22. The molecule has 0 radical (unpaired) electrons. The van der Waals surface area contributed by atoms with E-state index in [1.54, 1.807) is 29.2 Å². The number of rotatable bonds is 7. The topological polar surface area (TPSA) is 55.8 Å². The van der Waals surface area contributed by atoms with Gasteiger partial charge in [0.2, 0.25) is 6.10 Å². The van der Waals surface area contributed by atoms with Crippen LogP contribution in [-0.2, 0) is 16.0 Å². The lowest BCUT2D eigenvalue weighted by atomic mass is 9.89. The molecular weight excluding hydrogens is 409 g/mol. The Bertz CT molecular complexity index is 1110. The monoisotopic (exact) mass is 433 g/mol. The van der Waals surface area contributed by atoms with Gasteiger partial charge in [0, 0.05) is 6.54 Å². The van der Waals surface area contributed by atoms with E-state index in [4.69, 9.17) is 9.47 Å². The standard InChI is InChI=1S/C26H24FNO4/c1-17-5-3-4-6-22(17)32-24-23(19-9-11-20(12-10-19)26(30)31-2)28(25(24)29)16-15-18-7-13-21(27)14-8-18/h3-14,23-24H,15-16H2,1-2H3/t23-,24-/m0/s1. The lowest BCUT2D eigenvalue weighted by Gasteiger charge is -2.47. The van der Waals surface area contributed by atoms with Crippen molar-refractivity contribution in [3.05, 3.63) is 101 Å². The second-order valence-electron chi connectivity index (χ2n) is 7.77. The highest BCUT2D eigenvalue weighted by Gasteiger charge is 2.49. The Morgan fingerprint density at radius 1 is 1.00 bits per heavy atom. The molecule has 2 atom stereocenters. The maximum absolute atomic E-state index is 13.2. The number of carbonyl (C=O) groups is 2. The van der Waals surface area contributed by atoms with Gasteiger partial charge in [0.05, 0.1) is 12.7 Å². The van der Waals surface area contributed by atoms with Crippen molar-refractivity contribution in [2.75, 3.05) is 13.7 Å². The summed E-state index contributed by atoms with van der Waals surface area (Å²) in [5, 5.41) is 0. The number of carbonyl (C=O) groups excluding carboxylic acids is 2. The van der Waals surface area contributed by atoms with Gasteiger partial charge in [-0.3, -0.25) is 4.79 Å². The van der Waals surface area contributed by atoms with Gasteiger partial charge in [0.25, 0.3) is 5.91 Å². The van der Waals surface area contributed by atoms with Crippen molar-refractivity contribution in [1.29, 1.82) is 0 Å². The highest BCUT2D eigenvalue weighted by atomic mass is 19.1. The summed E-state index contributed by atoms with van der Waals surface area (Å²) in [5.74, 6) is -0.135. The minimum Gasteiger partial charge on any atom is -0.478 e. The van der Waals surface area contributed by atoms with Gasteiger partial charge in [-0.15, -0.1) is 0 Å². The summed E-state index contributed by atoms with van der Waals surface area (Å²) < 4.78 is 24.1. The zero-order chi connectivity index (χ0) is 22.7. The summed E-state index contributed by atoms with van der Waals surface area (Å²) in [6, 6.07) is 20.6. The number of ether oxygens (including phenoxy) is 2. The maximum atomic E-state index is 13.2. The molecule has 0 aromatic heterocycles. The molecule has 0 aliphatic carbocycles. The van der Waals surface area contributed by atoms with Gasteiger partial charge in [-0.2, -0.15) is 0 Å². The fourth-order valence-electron chi connectivity index (χ4n) is 3.90. The highest BCUT2D eigenvalue weighted by molar-refractivity contribution is 5.91. The van der Waals surface area contributed by atoms with E-state index in [9.17, 15) is 14.0 Å². The molecule has 0 spiro atoms. The predicted molar refractivity (Wildman–Crippen MR) is 118 cm³/mol. The smallest absolute Gasteiger partial charge is 0.337 e. The quantitative estimate of drug-likeness (QED) is 0.407. The van der Waals surface area contributed by atoms with Crippen LogP contribution in [0.2, 0.25) is 0 Å². The molecule has 1 aliphatic heterocycles. The number of benzene rings is 3. The number of halogens is 1. The lowest BCUT2D eigenvalue weighted by Crippen LogP contribution is -2.61. The number of likely N-dealkylation sites (tertiary alicyclic amines) is 1. The van der Waals surface area contributed by atoms with Gasteiger partial charge in [0.15, 0.2) is 0 Å². The summed E-state index contributed by atoms with van der Waals surface area (Å²) in [4.78, 5) is 26.6. The van der Waals surface area contributed by atoms with Gasteiger partial charge in [-0.1, -0.05) is 42.5 Å². The molecule has 3 aromatic carbocycles. The summed E-state index contributed by atoms with van der Waals surface area (Å²) in [6.07, 6.45) is -0.0619. The van der Waals surface area contributed by atoms with Gasteiger partial charge in [-0.05, 0) is 60.4 Å². The first kappa shape index (κ1) is 21.6. The molecule has 1 saturated heterocycles. The van der Waals surface area contributed by atoms with Crippen molar-refractivity contribution >= 4 is 11.9 Å². The Kier molecular flexibility index (Phi) is 6.21. The normalized spacial score (nSPS) is 17.6. The molecule has 3 aromatic rings. The molecule has 0 bridgehead atoms. The van der Waals surface area contributed by atoms with Crippen LogP contribution in [0.5, 0.6) is 5.75 Å². The molecule has 6 heteroatoms. The number of amides is 1. The van der Waals surface area contributed by atoms with Crippen LogP contribution in [0.15, 0.2) is 72.8 Å². The number of methoxy groups -OCH3 is 1. The van der Waals surface area contributed by atoms with E-state index >= 15 is 0 Å². The van der Waals surface area contributed by atoms with E-state index in [-0.39, 0.29) is 17.8 Å². The number of hydrogen-bond donors (Lipinski definition) is 0. The van der Waals surface area contributed by atoms with Crippen LogP contribution in [0.1, 0.15) is 33.1 Å². The number of esters is 1. The third-order valence-electron chi connectivity index (χ3n) is 5.72. The summed E-state index contributed by atoms with van der Waals surface area (Å²) in [6.45, 7) is 2.41. The zero-order valence-corrected chi connectivity index (χ0v) is 18.0. The van der Waals surface area contributed by atoms with Gasteiger partial charge >= 0.3 is 5.97 Å². The van der Waals surface area contributed by atoms with Crippen molar-refractivity contribution in [3.8, 4) is 5.75 Å². The van der Waals surface area contributed by atoms with Crippen LogP contribution in [0, 0.1) is 12.7 Å². The van der Waals surface area contributed by atoms with Gasteiger partial charge in [-0.25, -0.2) is 9.18 Å². The number of para-hydroxylation sites is 1. The number of nitrogens with zero attached hydrogens (tertiary/aromatic N) is 1. The van der Waals surface area contributed by atoms with Crippen LogP contribution >= 0.6 is 0 Å². The minimum absolute atomic E-state index is 0.0996. The first-order valence-corrected chi connectivity index (χ1v) is 10.4. The molecule has 164 valence electrons. The predicted octanol–water partition coefficient (Wildman–Crippen LogP) is 4.49. The minimum atomic E-state index is -0.659. The molecule has 1 fully saturated rings. The summed E-state index contributed by atoms with van der Waals surface area (Å²) in [5.41, 5.74) is 3.21. The fraction of sp³-hybridized carbons (Fsp3) is 0.231. The number of β-lactam (4-membered cyclic amide) rings is 1. The molecule has 1 aliphatic rings. The van der Waals surface area contributed by atoms with Gasteiger partial charge in [0.1, 0.15) is 17.6 Å². The number of hydrogen-bond acceptors (Lipinski definition) is 4. The Labute approximate surface area is 186 Å². The van der Waals surface area contributed by atoms with Crippen LogP contribution < -0.4 is 4.74 Å². The molecule has 32 heavy (non-hydrogen) atoms. The summed E-state index contributed by atoms with van der Waals surface area (Å²) in [7, 11) is 1.34. The average Bonchev–Trinajstić information content (AvgIpc) is 2.82. The third-order valence-corrected chi connectivity index (χ3v) is 5.72. The average molecular weight is 433 g/mol. The Balaban J connectivity index is 1.57. The molecular formula is C26H24FNO4. The van der Waals surface area contributed by atoms with E-state index in [0.29, 0.717) is 24.3 Å². The van der Waals surface area contributed by atoms with Crippen molar-refractivity contribution in [2.45, 2.75) is 25.5 Å². The van der Waals surface area contributed by atoms with E-state index < -0.39 is 12.1 Å². The van der Waals surface area contributed by atoms with E-state index in [2.05, 4.69) is 0 Å². The van der Waals surface area contributed by atoms with Crippen LogP contribution in [0.25, 0.3) is 0 Å². The van der Waals surface area contributed by atoms with Crippen molar-refractivity contribution < 1.29 is 23.5 Å². The van der Waals surface area contributed by atoms with Gasteiger partial charge < -0.3 is 14.4 Å². The third kappa shape index (κ3) is 4.35. The second-order valence-corrected chi connectivity index (χ2v) is 7.77. The SMILES string of the molecule is COC(=O)c1ccc([C@H]2[C@H](Oc3ccccc3C)C(=O)N2CCc2ccc(F)cc2)cc1. The molecule has 0 N–H and O–H groups in total. The van der Waals surface area contributed by atoms with Crippen molar-refractivity contribution in [2.24, 2.45) is 0 Å². The highest BCUT2D eigenvalue weighted by Crippen LogP contribution is 2.38. The van der Waals surface area contributed by atoms with E-state index in [1.807, 2.05) is 43.3 Å². The first-order chi connectivity index (χ1) is 15.5. The Morgan fingerprint density at radius 2 is 1.69 bits per heavy atom. The molecule has 0 unspecified atom stereocenters. The lowest BCUT2D eigenvalue weighted by molar-refractivity contribution is -0.164. The molecule has 1 heterocycles.